The molecule has 2 N–H and O–H groups in total. The predicted octanol–water partition coefficient (Wildman–Crippen LogP) is 3.25. The normalized spacial score (nSPS) is 10.3. The summed E-state index contributed by atoms with van der Waals surface area (Å²) in [5, 5.41) is 7.10. The fourth-order valence-electron chi connectivity index (χ4n) is 1.42. The van der Waals surface area contributed by atoms with Crippen LogP contribution in [-0.4, -0.2) is 11.7 Å². The van der Waals surface area contributed by atoms with Crippen molar-refractivity contribution in [3.63, 3.8) is 0 Å². The fraction of sp³-hybridized carbons (Fsp3) is 0.462. The van der Waals surface area contributed by atoms with Crippen molar-refractivity contribution in [3.8, 4) is 0 Å². The van der Waals surface area contributed by atoms with Gasteiger partial charge in [-0.05, 0) is 43.6 Å². The third kappa shape index (κ3) is 4.19. The van der Waals surface area contributed by atoms with Crippen LogP contribution in [0.5, 0.6) is 0 Å². The zero-order valence-electron chi connectivity index (χ0n) is 10.4. The molecule has 0 fully saturated rings. The second kappa shape index (κ2) is 5.85. The Morgan fingerprint density at radius 2 is 2.00 bits per heavy atom. The van der Waals surface area contributed by atoms with Gasteiger partial charge in [0.25, 0.3) is 0 Å². The van der Waals surface area contributed by atoms with Gasteiger partial charge in [0.15, 0.2) is 5.11 Å². The van der Waals surface area contributed by atoms with Crippen LogP contribution in [0.2, 0.25) is 0 Å². The lowest BCUT2D eigenvalue weighted by molar-refractivity contribution is 0.627. The standard InChI is InChI=1S/C13H20N2S/c1-9(2)8-14-13(16)15-12-6-5-10(3)7-11(12)4/h5-7,9H,8H2,1-4H3,(H2,14,15,16). The maximum Gasteiger partial charge on any atom is 0.170 e. The van der Waals surface area contributed by atoms with Gasteiger partial charge < -0.3 is 10.6 Å². The smallest absolute Gasteiger partial charge is 0.170 e. The van der Waals surface area contributed by atoms with Crippen molar-refractivity contribution < 1.29 is 0 Å². The molecule has 0 radical (unpaired) electrons. The number of thiocarbonyl (C=S) groups is 1. The van der Waals surface area contributed by atoms with E-state index in [9.17, 15) is 0 Å². The Balaban J connectivity index is 2.56. The average Bonchev–Trinajstić information content (AvgIpc) is 2.19. The van der Waals surface area contributed by atoms with Gasteiger partial charge in [-0.3, -0.25) is 0 Å². The molecule has 0 aromatic heterocycles. The summed E-state index contributed by atoms with van der Waals surface area (Å²) in [5.74, 6) is 0.596. The van der Waals surface area contributed by atoms with Crippen LogP contribution in [0.1, 0.15) is 25.0 Å². The topological polar surface area (TPSA) is 24.1 Å². The molecule has 0 amide bonds. The maximum absolute atomic E-state index is 5.22. The van der Waals surface area contributed by atoms with E-state index in [0.29, 0.717) is 11.0 Å². The van der Waals surface area contributed by atoms with E-state index in [2.05, 4.69) is 56.5 Å². The quantitative estimate of drug-likeness (QED) is 0.788. The van der Waals surface area contributed by atoms with Gasteiger partial charge in [-0.15, -0.1) is 0 Å². The van der Waals surface area contributed by atoms with Gasteiger partial charge in [0.05, 0.1) is 0 Å². The second-order valence-corrected chi connectivity index (χ2v) is 4.96. The highest BCUT2D eigenvalue weighted by Gasteiger charge is 2.01. The first kappa shape index (κ1) is 13.0. The number of benzene rings is 1. The largest absolute Gasteiger partial charge is 0.362 e. The molecule has 16 heavy (non-hydrogen) atoms. The molecule has 3 heteroatoms. The van der Waals surface area contributed by atoms with Gasteiger partial charge >= 0.3 is 0 Å². The van der Waals surface area contributed by atoms with Crippen LogP contribution in [-0.2, 0) is 0 Å². The molecular weight excluding hydrogens is 216 g/mol. The Kier molecular flexibility index (Phi) is 4.74. The number of hydrogen-bond acceptors (Lipinski definition) is 1. The molecule has 0 spiro atoms. The number of nitrogens with one attached hydrogen (secondary N) is 2. The van der Waals surface area contributed by atoms with Crippen LogP contribution in [0.4, 0.5) is 5.69 Å². The fourth-order valence-corrected chi connectivity index (χ4v) is 1.61. The van der Waals surface area contributed by atoms with Crippen LogP contribution in [0, 0.1) is 19.8 Å². The average molecular weight is 236 g/mol. The number of hydrogen-bond donors (Lipinski definition) is 2. The Hall–Kier alpha value is -1.09. The number of rotatable bonds is 3. The van der Waals surface area contributed by atoms with Gasteiger partial charge in [0.1, 0.15) is 0 Å². The molecule has 1 rings (SSSR count). The summed E-state index contributed by atoms with van der Waals surface area (Å²) in [6.45, 7) is 9.39. The summed E-state index contributed by atoms with van der Waals surface area (Å²) < 4.78 is 0. The minimum Gasteiger partial charge on any atom is -0.362 e. The van der Waals surface area contributed by atoms with E-state index >= 15 is 0 Å². The van der Waals surface area contributed by atoms with E-state index in [-0.39, 0.29) is 0 Å². The molecule has 88 valence electrons. The molecule has 1 aromatic carbocycles. The molecule has 2 nitrogen and oxygen atoms in total. The molecule has 0 aliphatic heterocycles. The van der Waals surface area contributed by atoms with Crippen molar-refractivity contribution in [2.75, 3.05) is 11.9 Å². The molecule has 0 heterocycles. The van der Waals surface area contributed by atoms with Gasteiger partial charge in [-0.2, -0.15) is 0 Å². The third-order valence-electron chi connectivity index (χ3n) is 2.30. The van der Waals surface area contributed by atoms with Crippen molar-refractivity contribution in [1.29, 1.82) is 0 Å². The molecule has 0 aliphatic rings. The first-order chi connectivity index (χ1) is 7.49. The second-order valence-electron chi connectivity index (χ2n) is 4.55. The minimum atomic E-state index is 0.596. The van der Waals surface area contributed by atoms with Crippen molar-refractivity contribution in [2.24, 2.45) is 5.92 Å². The summed E-state index contributed by atoms with van der Waals surface area (Å²) in [7, 11) is 0. The van der Waals surface area contributed by atoms with Crippen LogP contribution in [0.3, 0.4) is 0 Å². The Labute approximate surface area is 103 Å². The zero-order valence-corrected chi connectivity index (χ0v) is 11.2. The monoisotopic (exact) mass is 236 g/mol. The van der Waals surface area contributed by atoms with Crippen molar-refractivity contribution in [1.82, 2.24) is 5.32 Å². The minimum absolute atomic E-state index is 0.596. The van der Waals surface area contributed by atoms with E-state index < -0.39 is 0 Å². The summed E-state index contributed by atoms with van der Waals surface area (Å²) in [5.41, 5.74) is 3.56. The number of aryl methyl sites for hydroxylation is 2. The highest BCUT2D eigenvalue weighted by molar-refractivity contribution is 7.80. The third-order valence-corrected chi connectivity index (χ3v) is 2.55. The van der Waals surface area contributed by atoms with Gasteiger partial charge in [-0.25, -0.2) is 0 Å². The van der Waals surface area contributed by atoms with Crippen LogP contribution >= 0.6 is 12.2 Å². The van der Waals surface area contributed by atoms with Crippen molar-refractivity contribution >= 4 is 23.0 Å². The lowest BCUT2D eigenvalue weighted by Crippen LogP contribution is -2.31. The van der Waals surface area contributed by atoms with Gasteiger partial charge in [0.2, 0.25) is 0 Å². The Morgan fingerprint density at radius 1 is 1.31 bits per heavy atom. The van der Waals surface area contributed by atoms with E-state index in [4.69, 9.17) is 12.2 Å². The van der Waals surface area contributed by atoms with Gasteiger partial charge in [-0.1, -0.05) is 31.5 Å². The lowest BCUT2D eigenvalue weighted by Gasteiger charge is -2.14. The van der Waals surface area contributed by atoms with E-state index in [0.717, 1.165) is 12.2 Å². The Morgan fingerprint density at radius 3 is 2.56 bits per heavy atom. The molecule has 0 unspecified atom stereocenters. The molecule has 1 aromatic rings. The SMILES string of the molecule is Cc1ccc(NC(=S)NCC(C)C)c(C)c1. The molecule has 0 saturated heterocycles. The van der Waals surface area contributed by atoms with Crippen LogP contribution in [0.25, 0.3) is 0 Å². The highest BCUT2D eigenvalue weighted by Crippen LogP contribution is 2.15. The summed E-state index contributed by atoms with van der Waals surface area (Å²) in [4.78, 5) is 0. The molecular formula is C13H20N2S. The first-order valence-electron chi connectivity index (χ1n) is 5.61. The van der Waals surface area contributed by atoms with Crippen LogP contribution in [0.15, 0.2) is 18.2 Å². The Bertz CT molecular complexity index is 372. The molecule has 0 bridgehead atoms. The maximum atomic E-state index is 5.22. The highest BCUT2D eigenvalue weighted by atomic mass is 32.1. The van der Waals surface area contributed by atoms with Gasteiger partial charge in [0, 0.05) is 12.2 Å². The lowest BCUT2D eigenvalue weighted by atomic mass is 10.1. The van der Waals surface area contributed by atoms with E-state index in [1.165, 1.54) is 11.1 Å². The summed E-state index contributed by atoms with van der Waals surface area (Å²) in [6.07, 6.45) is 0. The van der Waals surface area contributed by atoms with E-state index in [1.54, 1.807) is 0 Å². The van der Waals surface area contributed by atoms with Crippen LogP contribution < -0.4 is 10.6 Å². The number of anilines is 1. The first-order valence-corrected chi connectivity index (χ1v) is 6.02. The summed E-state index contributed by atoms with van der Waals surface area (Å²) in [6, 6.07) is 6.29. The zero-order chi connectivity index (χ0) is 12.1. The molecule has 0 saturated carbocycles. The van der Waals surface area contributed by atoms with Crippen molar-refractivity contribution in [3.05, 3.63) is 29.3 Å². The molecule has 0 atom stereocenters. The predicted molar refractivity (Wildman–Crippen MR) is 75.0 cm³/mol. The van der Waals surface area contributed by atoms with E-state index in [1.807, 2.05) is 0 Å². The molecule has 0 aliphatic carbocycles. The summed E-state index contributed by atoms with van der Waals surface area (Å²) >= 11 is 5.22. The van der Waals surface area contributed by atoms with Crippen molar-refractivity contribution in [2.45, 2.75) is 27.7 Å².